The van der Waals surface area contributed by atoms with Gasteiger partial charge < -0.3 is 14.9 Å². The molecule has 0 aromatic rings. The molecule has 2 N–H and O–H groups in total. The highest BCUT2D eigenvalue weighted by Gasteiger charge is 2.40. The summed E-state index contributed by atoms with van der Waals surface area (Å²) in [4.78, 5) is 12.1. The lowest BCUT2D eigenvalue weighted by Gasteiger charge is -2.31. The zero-order chi connectivity index (χ0) is 15.5. The van der Waals surface area contributed by atoms with Crippen LogP contribution < -0.4 is 0 Å². The van der Waals surface area contributed by atoms with E-state index in [1.54, 1.807) is 0 Å². The molecule has 3 fully saturated rings. The number of aliphatic hydroxyl groups excluding tert-OH is 2. The van der Waals surface area contributed by atoms with Crippen molar-refractivity contribution in [1.29, 1.82) is 0 Å². The molecule has 1 heterocycles. The van der Waals surface area contributed by atoms with Crippen LogP contribution in [0.5, 0.6) is 0 Å². The lowest BCUT2D eigenvalue weighted by molar-refractivity contribution is -0.141. The number of hydrogen-bond acceptors (Lipinski definition) is 4. The van der Waals surface area contributed by atoms with Crippen molar-refractivity contribution in [2.45, 2.75) is 76.4 Å². The average Bonchev–Trinajstić information content (AvgIpc) is 2.80. The Morgan fingerprint density at radius 2 is 1.50 bits per heavy atom. The van der Waals surface area contributed by atoms with E-state index < -0.39 is 0 Å². The van der Waals surface area contributed by atoms with Crippen LogP contribution >= 0.6 is 0 Å². The fourth-order valence-electron chi connectivity index (χ4n) is 4.87. The van der Waals surface area contributed by atoms with E-state index in [-0.39, 0.29) is 24.1 Å². The summed E-state index contributed by atoms with van der Waals surface area (Å²) in [5.41, 5.74) is 0. The third-order valence-electron chi connectivity index (χ3n) is 6.05. The van der Waals surface area contributed by atoms with Gasteiger partial charge in [0.1, 0.15) is 0 Å². The van der Waals surface area contributed by atoms with Gasteiger partial charge in [0.05, 0.1) is 24.7 Å². The molecule has 4 nitrogen and oxygen atoms in total. The van der Waals surface area contributed by atoms with Crippen molar-refractivity contribution in [3.63, 3.8) is 0 Å². The number of rotatable bonds is 4. The number of carbonyl (C=O) groups is 1. The molecule has 1 saturated heterocycles. The molecule has 2 aliphatic carbocycles. The number of hydrogen-bond donors (Lipinski definition) is 2. The molecule has 126 valence electrons. The van der Waals surface area contributed by atoms with Crippen LogP contribution in [-0.2, 0) is 9.53 Å². The molecule has 0 aromatic carbocycles. The van der Waals surface area contributed by atoms with Crippen LogP contribution in [0.2, 0.25) is 0 Å². The van der Waals surface area contributed by atoms with E-state index in [4.69, 9.17) is 4.74 Å². The maximum absolute atomic E-state index is 12.1. The van der Waals surface area contributed by atoms with E-state index in [0.29, 0.717) is 24.4 Å². The molecule has 6 unspecified atom stereocenters. The lowest BCUT2D eigenvalue weighted by atomic mass is 9.74. The van der Waals surface area contributed by atoms with Gasteiger partial charge in [-0.05, 0) is 50.4 Å². The number of esters is 1. The van der Waals surface area contributed by atoms with Gasteiger partial charge in [0.15, 0.2) is 0 Å². The monoisotopic (exact) mass is 310 g/mol. The largest absolute Gasteiger partial charge is 0.465 e. The van der Waals surface area contributed by atoms with Crippen LogP contribution in [0.4, 0.5) is 0 Å². The van der Waals surface area contributed by atoms with Gasteiger partial charge in [-0.3, -0.25) is 4.79 Å². The third kappa shape index (κ3) is 4.02. The van der Waals surface area contributed by atoms with Gasteiger partial charge in [0, 0.05) is 5.92 Å². The van der Waals surface area contributed by atoms with Crippen molar-refractivity contribution in [2.24, 2.45) is 23.7 Å². The van der Waals surface area contributed by atoms with Crippen molar-refractivity contribution in [2.75, 3.05) is 6.61 Å². The zero-order valence-corrected chi connectivity index (χ0v) is 13.5. The topological polar surface area (TPSA) is 66.8 Å². The summed E-state index contributed by atoms with van der Waals surface area (Å²) in [5.74, 6) is 1.33. The molecule has 0 spiro atoms. The van der Waals surface area contributed by atoms with Gasteiger partial charge in [-0.2, -0.15) is 0 Å². The second kappa shape index (κ2) is 7.31. The predicted molar refractivity (Wildman–Crippen MR) is 83.1 cm³/mol. The Morgan fingerprint density at radius 1 is 0.909 bits per heavy atom. The van der Waals surface area contributed by atoms with Crippen LogP contribution in [0.3, 0.4) is 0 Å². The van der Waals surface area contributed by atoms with Crippen LogP contribution in [0.1, 0.15) is 64.2 Å². The van der Waals surface area contributed by atoms with E-state index in [1.165, 1.54) is 6.42 Å². The summed E-state index contributed by atoms with van der Waals surface area (Å²) in [6.45, 7) is 0.561. The van der Waals surface area contributed by atoms with Crippen LogP contribution in [0, 0.1) is 23.7 Å². The van der Waals surface area contributed by atoms with Crippen LogP contribution in [0.25, 0.3) is 0 Å². The normalized spacial score (nSPS) is 43.1. The molecule has 2 saturated carbocycles. The molecule has 3 aliphatic rings. The fraction of sp³-hybridized carbons (Fsp3) is 0.944. The minimum Gasteiger partial charge on any atom is -0.465 e. The number of carbonyl (C=O) groups excluding carboxylic acids is 1. The van der Waals surface area contributed by atoms with E-state index in [9.17, 15) is 15.0 Å². The van der Waals surface area contributed by atoms with E-state index >= 15 is 0 Å². The first kappa shape index (κ1) is 16.3. The second-order valence-corrected chi connectivity index (χ2v) is 7.84. The quantitative estimate of drug-likeness (QED) is 0.783. The van der Waals surface area contributed by atoms with Crippen molar-refractivity contribution in [3.05, 3.63) is 0 Å². The first-order chi connectivity index (χ1) is 10.6. The lowest BCUT2D eigenvalue weighted by Crippen LogP contribution is -2.28. The molecular weight excluding hydrogens is 280 g/mol. The Bertz CT molecular complexity index is 383. The average molecular weight is 310 g/mol. The van der Waals surface area contributed by atoms with Gasteiger partial charge in [-0.1, -0.05) is 25.7 Å². The first-order valence-corrected chi connectivity index (χ1v) is 9.14. The Morgan fingerprint density at radius 3 is 2.09 bits per heavy atom. The Balaban J connectivity index is 1.55. The van der Waals surface area contributed by atoms with E-state index in [1.807, 2.05) is 0 Å². The first-order valence-electron chi connectivity index (χ1n) is 9.14. The molecular formula is C18H30O4. The molecule has 6 atom stereocenters. The molecule has 0 amide bonds. The highest BCUT2D eigenvalue weighted by molar-refractivity contribution is 5.74. The van der Waals surface area contributed by atoms with Crippen molar-refractivity contribution in [1.82, 2.24) is 0 Å². The summed E-state index contributed by atoms with van der Waals surface area (Å²) in [6.07, 6.45) is 9.64. The summed E-state index contributed by atoms with van der Waals surface area (Å²) >= 11 is 0. The fourth-order valence-corrected chi connectivity index (χ4v) is 4.87. The smallest absolute Gasteiger partial charge is 0.309 e. The van der Waals surface area contributed by atoms with Crippen molar-refractivity contribution < 1.29 is 19.7 Å². The number of ether oxygens (including phenoxy) is 1. The molecule has 0 aromatic heterocycles. The Labute approximate surface area is 133 Å². The number of aliphatic hydroxyl groups is 2. The Kier molecular flexibility index (Phi) is 5.40. The van der Waals surface area contributed by atoms with Gasteiger partial charge >= 0.3 is 5.97 Å². The zero-order valence-electron chi connectivity index (χ0n) is 13.5. The van der Waals surface area contributed by atoms with Gasteiger partial charge in [0.2, 0.25) is 0 Å². The summed E-state index contributed by atoms with van der Waals surface area (Å²) < 4.78 is 5.35. The molecule has 0 radical (unpaired) electrons. The molecule has 1 aliphatic heterocycles. The molecule has 22 heavy (non-hydrogen) atoms. The molecule has 3 rings (SSSR count). The Hall–Kier alpha value is -0.610. The van der Waals surface area contributed by atoms with Crippen molar-refractivity contribution in [3.8, 4) is 0 Å². The highest BCUT2D eigenvalue weighted by Crippen LogP contribution is 2.39. The van der Waals surface area contributed by atoms with Gasteiger partial charge in [0.25, 0.3) is 0 Å². The predicted octanol–water partition coefficient (Wildman–Crippen LogP) is 2.66. The maximum Gasteiger partial charge on any atom is 0.309 e. The van der Waals surface area contributed by atoms with E-state index in [2.05, 4.69) is 0 Å². The minimum atomic E-state index is -0.178. The molecule has 4 heteroatoms. The summed E-state index contributed by atoms with van der Waals surface area (Å²) in [6, 6.07) is 0. The number of cyclic esters (lactones) is 1. The van der Waals surface area contributed by atoms with Crippen LogP contribution in [0.15, 0.2) is 0 Å². The van der Waals surface area contributed by atoms with E-state index in [0.717, 1.165) is 57.8 Å². The molecule has 0 bridgehead atoms. The summed E-state index contributed by atoms with van der Waals surface area (Å²) in [7, 11) is 0. The van der Waals surface area contributed by atoms with Crippen LogP contribution in [-0.4, -0.2) is 35.0 Å². The third-order valence-corrected chi connectivity index (χ3v) is 6.05. The minimum absolute atomic E-state index is 0.0226. The standard InChI is InChI=1S/C18H30O4/c19-15-5-1-3-12(8-15)7-14-11-22-18(21)17(14)10-13-4-2-6-16(20)9-13/h12-17,19-20H,1-11H2. The second-order valence-electron chi connectivity index (χ2n) is 7.84. The maximum atomic E-state index is 12.1. The van der Waals surface area contributed by atoms with Crippen molar-refractivity contribution >= 4 is 5.97 Å². The van der Waals surface area contributed by atoms with Gasteiger partial charge in [-0.25, -0.2) is 0 Å². The summed E-state index contributed by atoms with van der Waals surface area (Å²) in [5, 5.41) is 19.7. The van der Waals surface area contributed by atoms with Gasteiger partial charge in [-0.15, -0.1) is 0 Å². The highest BCUT2D eigenvalue weighted by atomic mass is 16.5. The SMILES string of the molecule is O=C1OCC(CC2CCCC(O)C2)C1CC1CCCC(O)C1.